The van der Waals surface area contributed by atoms with Crippen LogP contribution in [0.4, 0.5) is 11.4 Å². The lowest BCUT2D eigenvalue weighted by Crippen LogP contribution is -2.69. The van der Waals surface area contributed by atoms with Crippen molar-refractivity contribution in [2.24, 2.45) is 0 Å². The molecule has 4 fully saturated rings. The van der Waals surface area contributed by atoms with E-state index in [9.17, 15) is 19.2 Å². The summed E-state index contributed by atoms with van der Waals surface area (Å²) in [7, 11) is 4.57. The van der Waals surface area contributed by atoms with Gasteiger partial charge in [0.05, 0.1) is 118 Å². The first-order valence-electron chi connectivity index (χ1n) is 14.6. The average Bonchev–Trinajstić information content (AvgIpc) is 2.91. The number of likely N-dealkylation sites (tertiary alicyclic amines) is 4. The molecule has 206 valence electrons. The maximum atomic E-state index is 12.5. The number of benzene rings is 1. The average molecular weight is 527 g/mol. The summed E-state index contributed by atoms with van der Waals surface area (Å²) in [6, 6.07) is 8.83. The van der Waals surface area contributed by atoms with Gasteiger partial charge in [-0.3, -0.25) is 28.1 Å². The van der Waals surface area contributed by atoms with Crippen molar-refractivity contribution in [3.63, 3.8) is 0 Å². The van der Waals surface area contributed by atoms with Crippen molar-refractivity contribution in [3.8, 4) is 0 Å². The zero-order valence-corrected chi connectivity index (χ0v) is 23.5. The molecule has 0 N–H and O–H groups in total. The lowest BCUT2D eigenvalue weighted by molar-refractivity contribution is -0.919. The summed E-state index contributed by atoms with van der Waals surface area (Å²) >= 11 is 0. The van der Waals surface area contributed by atoms with E-state index in [-0.39, 0.29) is 0 Å². The van der Waals surface area contributed by atoms with Gasteiger partial charge in [0.2, 0.25) is 13.3 Å². The predicted molar refractivity (Wildman–Crippen MR) is 148 cm³/mol. The van der Waals surface area contributed by atoms with Crippen molar-refractivity contribution in [2.45, 2.75) is 51.4 Å². The number of quaternary nitrogens is 4. The molecule has 1 aromatic rings. The van der Waals surface area contributed by atoms with Crippen LogP contribution in [0.2, 0.25) is 0 Å². The van der Waals surface area contributed by atoms with Crippen LogP contribution in [-0.4, -0.2) is 112 Å². The van der Waals surface area contributed by atoms with Crippen molar-refractivity contribution in [1.82, 2.24) is 8.97 Å². The SMILES string of the molecule is C[N+]1(C[N+]2(c3ccccc3[N+]3(C[N+]4(C)CCC(=O)CC4)CCC(=O)CC3)CCC(=O)CC2)CCC(=O)CC1. The molecule has 8 nitrogen and oxygen atoms in total. The number of Topliss-reactive ketones (excluding diaryl/α,β-unsaturated/α-hetero) is 4. The molecule has 0 atom stereocenters. The summed E-state index contributed by atoms with van der Waals surface area (Å²) in [4.78, 5) is 49.2. The van der Waals surface area contributed by atoms with Crippen molar-refractivity contribution >= 4 is 34.5 Å². The molecule has 5 rings (SSSR count). The third kappa shape index (κ3) is 5.55. The van der Waals surface area contributed by atoms with Crippen LogP contribution in [0.5, 0.6) is 0 Å². The third-order valence-electron chi connectivity index (χ3n) is 10.1. The third-order valence-corrected chi connectivity index (χ3v) is 10.1. The fourth-order valence-electron chi connectivity index (χ4n) is 7.65. The normalized spacial score (nSPS) is 26.8. The van der Waals surface area contributed by atoms with E-state index in [0.29, 0.717) is 74.5 Å². The zero-order valence-electron chi connectivity index (χ0n) is 23.5. The molecule has 0 spiro atoms. The van der Waals surface area contributed by atoms with Gasteiger partial charge in [0.15, 0.2) is 11.4 Å². The Balaban J connectivity index is 1.56. The summed E-state index contributed by atoms with van der Waals surface area (Å²) in [6.45, 7) is 8.34. The van der Waals surface area contributed by atoms with Crippen LogP contribution >= 0.6 is 0 Å². The van der Waals surface area contributed by atoms with E-state index in [2.05, 4.69) is 38.4 Å². The Morgan fingerprint density at radius 2 is 0.737 bits per heavy atom. The highest BCUT2D eigenvalue weighted by Crippen LogP contribution is 2.43. The number of nitrogens with zero attached hydrogens (tertiary/aromatic N) is 4. The molecule has 0 bridgehead atoms. The molecule has 0 aromatic heterocycles. The largest absolute Gasteiger partial charge is 0.299 e. The molecule has 0 amide bonds. The van der Waals surface area contributed by atoms with Gasteiger partial charge in [-0.05, 0) is 0 Å². The highest BCUT2D eigenvalue weighted by atomic mass is 16.1. The summed E-state index contributed by atoms with van der Waals surface area (Å²) in [5.41, 5.74) is 2.59. The summed E-state index contributed by atoms with van der Waals surface area (Å²) < 4.78 is 3.23. The lowest BCUT2D eigenvalue weighted by atomic mass is 9.99. The van der Waals surface area contributed by atoms with Gasteiger partial charge < -0.3 is 0 Å². The molecule has 4 aliphatic rings. The molecule has 4 saturated heterocycles. The number of piperidine rings is 4. The van der Waals surface area contributed by atoms with Gasteiger partial charge in [-0.25, -0.2) is 8.97 Å². The van der Waals surface area contributed by atoms with E-state index in [1.807, 2.05) is 0 Å². The van der Waals surface area contributed by atoms with Gasteiger partial charge in [0.25, 0.3) is 0 Å². The van der Waals surface area contributed by atoms with E-state index in [1.165, 1.54) is 11.4 Å². The molecule has 0 unspecified atom stereocenters. The number of para-hydroxylation sites is 2. The van der Waals surface area contributed by atoms with Gasteiger partial charge >= 0.3 is 0 Å². The summed E-state index contributed by atoms with van der Waals surface area (Å²) in [5.74, 6) is 1.41. The Bertz CT molecular complexity index is 1000. The maximum absolute atomic E-state index is 12.5. The van der Waals surface area contributed by atoms with Crippen LogP contribution in [0.3, 0.4) is 0 Å². The minimum atomic E-state index is 0.344. The Hall–Kier alpha value is -2.26. The van der Waals surface area contributed by atoms with E-state index >= 15 is 0 Å². The summed E-state index contributed by atoms with van der Waals surface area (Å²) in [5, 5.41) is 0. The Labute approximate surface area is 227 Å². The minimum absolute atomic E-state index is 0.344. The topological polar surface area (TPSA) is 68.3 Å². The standard InChI is InChI=1S/C30H46N4O4/c1-31(15-7-25(35)8-16-31)23-33(19-11-27(37)12-20-33)29-5-3-4-6-30(29)34(21-13-28(38)14-22-34)24-32(2)17-9-26(36)10-18-32/h3-6H,7-24H2,1-2H3/q+4. The van der Waals surface area contributed by atoms with Crippen molar-refractivity contribution in [2.75, 3.05) is 79.8 Å². The van der Waals surface area contributed by atoms with Crippen LogP contribution in [0.25, 0.3) is 0 Å². The fraction of sp³-hybridized carbons (Fsp3) is 0.667. The van der Waals surface area contributed by atoms with E-state index in [0.717, 1.165) is 83.6 Å². The van der Waals surface area contributed by atoms with Crippen LogP contribution in [0, 0.1) is 0 Å². The Kier molecular flexibility index (Phi) is 7.46. The second-order valence-corrected chi connectivity index (χ2v) is 13.2. The first-order valence-corrected chi connectivity index (χ1v) is 14.6. The highest BCUT2D eigenvalue weighted by Gasteiger charge is 2.51. The van der Waals surface area contributed by atoms with Gasteiger partial charge in [0, 0.05) is 12.1 Å². The number of carbonyl (C=O) groups excluding carboxylic acids is 4. The smallest absolute Gasteiger partial charge is 0.212 e. The van der Waals surface area contributed by atoms with Crippen LogP contribution < -0.4 is 8.97 Å². The predicted octanol–water partition coefficient (Wildman–Crippen LogP) is 2.56. The first kappa shape index (κ1) is 27.3. The monoisotopic (exact) mass is 526 g/mol. The molecule has 0 saturated carbocycles. The van der Waals surface area contributed by atoms with Crippen molar-refractivity contribution in [1.29, 1.82) is 0 Å². The molecule has 0 aliphatic carbocycles. The Morgan fingerprint density at radius 3 is 1.03 bits per heavy atom. The van der Waals surface area contributed by atoms with Crippen LogP contribution in [-0.2, 0) is 19.2 Å². The quantitative estimate of drug-likeness (QED) is 0.535. The minimum Gasteiger partial charge on any atom is -0.299 e. The maximum Gasteiger partial charge on any atom is 0.212 e. The van der Waals surface area contributed by atoms with Gasteiger partial charge in [-0.1, -0.05) is 12.1 Å². The molecule has 1 aromatic carbocycles. The van der Waals surface area contributed by atoms with E-state index < -0.39 is 0 Å². The fourth-order valence-corrected chi connectivity index (χ4v) is 7.65. The van der Waals surface area contributed by atoms with Crippen LogP contribution in [0.1, 0.15) is 51.4 Å². The van der Waals surface area contributed by atoms with Crippen molar-refractivity contribution in [3.05, 3.63) is 24.3 Å². The van der Waals surface area contributed by atoms with Crippen molar-refractivity contribution < 1.29 is 28.1 Å². The molecule has 8 heteroatoms. The molecular weight excluding hydrogens is 480 g/mol. The van der Waals surface area contributed by atoms with Gasteiger partial charge in [0.1, 0.15) is 23.1 Å². The number of rotatable bonds is 6. The van der Waals surface area contributed by atoms with Gasteiger partial charge in [-0.2, -0.15) is 0 Å². The zero-order chi connectivity index (χ0) is 27.0. The molecule has 4 heterocycles. The number of ketones is 4. The lowest BCUT2D eigenvalue weighted by Gasteiger charge is -2.51. The number of hydrogen-bond donors (Lipinski definition) is 0. The highest BCUT2D eigenvalue weighted by molar-refractivity contribution is 5.83. The molecule has 4 aliphatic heterocycles. The first-order chi connectivity index (χ1) is 18.0. The van der Waals surface area contributed by atoms with Gasteiger partial charge in [-0.15, -0.1) is 0 Å². The second-order valence-electron chi connectivity index (χ2n) is 13.2. The number of carbonyl (C=O) groups is 4. The van der Waals surface area contributed by atoms with E-state index in [1.54, 1.807) is 0 Å². The second kappa shape index (κ2) is 10.4. The van der Waals surface area contributed by atoms with Crippen LogP contribution in [0.15, 0.2) is 24.3 Å². The molecule has 38 heavy (non-hydrogen) atoms. The molecule has 0 radical (unpaired) electrons. The Morgan fingerprint density at radius 1 is 0.474 bits per heavy atom. The molecular formula is C30H46N4O4+4. The summed E-state index contributed by atoms with van der Waals surface area (Å²) in [6.07, 6.45) is 4.87. The van der Waals surface area contributed by atoms with E-state index in [4.69, 9.17) is 0 Å². The number of hydrogen-bond acceptors (Lipinski definition) is 4.